The summed E-state index contributed by atoms with van der Waals surface area (Å²) in [5.41, 5.74) is 0.895. The monoisotopic (exact) mass is 506 g/mol. The van der Waals surface area contributed by atoms with E-state index in [0.717, 1.165) is 5.69 Å². The summed E-state index contributed by atoms with van der Waals surface area (Å²) < 4.78 is 23.6. The Bertz CT molecular complexity index is 722. The van der Waals surface area contributed by atoms with Gasteiger partial charge < -0.3 is 25.0 Å². The van der Waals surface area contributed by atoms with Gasteiger partial charge in [-0.15, -0.1) is 24.0 Å². The Hall–Kier alpha value is -1.88. The highest BCUT2D eigenvalue weighted by atomic mass is 127. The number of ether oxygens (including phenoxy) is 1. The van der Waals surface area contributed by atoms with E-state index in [0.29, 0.717) is 36.5 Å². The Morgan fingerprint density at radius 1 is 1.29 bits per heavy atom. The first-order valence-corrected chi connectivity index (χ1v) is 9.02. The summed E-state index contributed by atoms with van der Waals surface area (Å²) in [6.07, 6.45) is -0.753. The smallest absolute Gasteiger partial charge is 0.191 e. The van der Waals surface area contributed by atoms with E-state index in [9.17, 15) is 9.50 Å². The molecule has 7 nitrogen and oxygen atoms in total. The third-order valence-corrected chi connectivity index (χ3v) is 3.67. The van der Waals surface area contributed by atoms with Crippen LogP contribution in [0.5, 0.6) is 5.75 Å². The van der Waals surface area contributed by atoms with Gasteiger partial charge >= 0.3 is 0 Å². The lowest BCUT2D eigenvalue weighted by atomic mass is 10.1. The minimum absolute atomic E-state index is 0. The first-order valence-electron chi connectivity index (χ1n) is 9.02. The van der Waals surface area contributed by atoms with E-state index in [1.54, 1.807) is 0 Å². The van der Waals surface area contributed by atoms with Crippen LogP contribution < -0.4 is 15.4 Å². The number of nitrogens with one attached hydrogen (secondary N) is 2. The van der Waals surface area contributed by atoms with E-state index in [1.165, 1.54) is 24.3 Å². The summed E-state index contributed by atoms with van der Waals surface area (Å²) in [6.45, 7) is 7.41. The molecule has 0 saturated heterocycles. The van der Waals surface area contributed by atoms with Crippen LogP contribution in [0, 0.1) is 5.82 Å². The number of hydrogen-bond donors (Lipinski definition) is 3. The third kappa shape index (κ3) is 8.42. The van der Waals surface area contributed by atoms with Crippen LogP contribution in [-0.2, 0) is 6.54 Å². The summed E-state index contributed by atoms with van der Waals surface area (Å²) in [4.78, 5) is 4.42. The van der Waals surface area contributed by atoms with Crippen molar-refractivity contribution in [2.24, 2.45) is 4.99 Å². The maximum absolute atomic E-state index is 12.9. The first-order chi connectivity index (χ1) is 13.0. The maximum Gasteiger partial charge on any atom is 0.191 e. The van der Waals surface area contributed by atoms with Gasteiger partial charge in [0.05, 0.1) is 5.69 Å². The lowest BCUT2D eigenvalue weighted by Crippen LogP contribution is -2.42. The van der Waals surface area contributed by atoms with Gasteiger partial charge in [-0.25, -0.2) is 9.38 Å². The maximum atomic E-state index is 12.9. The lowest BCUT2D eigenvalue weighted by Gasteiger charge is -2.15. The van der Waals surface area contributed by atoms with Gasteiger partial charge in [-0.3, -0.25) is 0 Å². The molecule has 0 bridgehead atoms. The summed E-state index contributed by atoms with van der Waals surface area (Å²) in [7, 11) is 0. The second-order valence-corrected chi connectivity index (χ2v) is 6.37. The van der Waals surface area contributed by atoms with Crippen molar-refractivity contribution in [1.29, 1.82) is 0 Å². The van der Waals surface area contributed by atoms with E-state index in [4.69, 9.17) is 9.26 Å². The second kappa shape index (κ2) is 12.6. The van der Waals surface area contributed by atoms with Crippen LogP contribution in [0.1, 0.15) is 38.1 Å². The van der Waals surface area contributed by atoms with Crippen molar-refractivity contribution < 1.29 is 18.8 Å². The molecule has 0 saturated carbocycles. The molecule has 1 unspecified atom stereocenters. The molecule has 0 aliphatic heterocycles. The largest absolute Gasteiger partial charge is 0.491 e. The van der Waals surface area contributed by atoms with Gasteiger partial charge in [0.2, 0.25) is 0 Å². The molecule has 0 radical (unpaired) electrons. The normalized spacial score (nSPS) is 12.4. The molecular formula is C19H28FIN4O3. The number of guanidine groups is 1. The summed E-state index contributed by atoms with van der Waals surface area (Å²) >= 11 is 0. The number of benzene rings is 1. The Morgan fingerprint density at radius 3 is 2.61 bits per heavy atom. The molecule has 0 amide bonds. The van der Waals surface area contributed by atoms with Crippen molar-refractivity contribution in [2.45, 2.75) is 39.3 Å². The molecule has 1 aromatic heterocycles. The molecule has 2 rings (SSSR count). The highest BCUT2D eigenvalue weighted by molar-refractivity contribution is 14.0. The first kappa shape index (κ1) is 24.2. The molecule has 0 fully saturated rings. The van der Waals surface area contributed by atoms with Crippen molar-refractivity contribution in [3.05, 3.63) is 47.6 Å². The molecule has 1 atom stereocenters. The number of rotatable bonds is 9. The second-order valence-electron chi connectivity index (χ2n) is 6.37. The Balaban J connectivity index is 0.00000392. The van der Waals surface area contributed by atoms with Gasteiger partial charge in [-0.2, -0.15) is 0 Å². The van der Waals surface area contributed by atoms with Gasteiger partial charge in [0.25, 0.3) is 0 Å². The fraction of sp³-hybridized carbons (Fsp3) is 0.474. The Morgan fingerprint density at radius 2 is 2.00 bits per heavy atom. The van der Waals surface area contributed by atoms with Crippen LogP contribution in [0.2, 0.25) is 0 Å². The molecule has 156 valence electrons. The molecule has 28 heavy (non-hydrogen) atoms. The van der Waals surface area contributed by atoms with E-state index in [2.05, 4.69) is 20.8 Å². The van der Waals surface area contributed by atoms with Crippen molar-refractivity contribution in [1.82, 2.24) is 15.8 Å². The van der Waals surface area contributed by atoms with Crippen molar-refractivity contribution in [2.75, 3.05) is 19.7 Å². The number of halogens is 2. The van der Waals surface area contributed by atoms with Crippen LogP contribution in [-0.4, -0.2) is 42.0 Å². The highest BCUT2D eigenvalue weighted by Gasteiger charge is 2.09. The van der Waals surface area contributed by atoms with E-state index >= 15 is 0 Å². The molecule has 9 heteroatoms. The zero-order valence-electron chi connectivity index (χ0n) is 16.3. The van der Waals surface area contributed by atoms with Gasteiger partial charge in [-0.1, -0.05) is 19.0 Å². The average molecular weight is 506 g/mol. The molecule has 2 aromatic rings. The fourth-order valence-corrected chi connectivity index (χ4v) is 2.17. The SMILES string of the molecule is CCNC(=NCc1cc(C(C)C)no1)NCC(O)COc1ccc(F)cc1.I. The van der Waals surface area contributed by atoms with Crippen molar-refractivity contribution in [3.8, 4) is 5.75 Å². The average Bonchev–Trinajstić information content (AvgIpc) is 3.13. The van der Waals surface area contributed by atoms with Gasteiger partial charge in [0, 0.05) is 19.2 Å². The summed E-state index contributed by atoms with van der Waals surface area (Å²) in [5.74, 6) is 1.71. The molecule has 1 aromatic carbocycles. The predicted octanol–water partition coefficient (Wildman–Crippen LogP) is 3.05. The van der Waals surface area contributed by atoms with Crippen LogP contribution in [0.4, 0.5) is 4.39 Å². The summed E-state index contributed by atoms with van der Waals surface area (Å²) in [5, 5.41) is 20.2. The van der Waals surface area contributed by atoms with Gasteiger partial charge in [0.1, 0.15) is 30.8 Å². The number of aromatic nitrogens is 1. The lowest BCUT2D eigenvalue weighted by molar-refractivity contribution is 0.110. The number of aliphatic hydroxyl groups is 1. The van der Waals surface area contributed by atoms with Gasteiger partial charge in [-0.05, 0) is 37.1 Å². The van der Waals surface area contributed by atoms with Crippen LogP contribution in [0.3, 0.4) is 0 Å². The third-order valence-electron chi connectivity index (χ3n) is 3.67. The minimum Gasteiger partial charge on any atom is -0.491 e. The highest BCUT2D eigenvalue weighted by Crippen LogP contribution is 2.14. The van der Waals surface area contributed by atoms with E-state index in [-0.39, 0.29) is 42.9 Å². The molecule has 1 heterocycles. The van der Waals surface area contributed by atoms with Crippen LogP contribution in [0.15, 0.2) is 39.8 Å². The van der Waals surface area contributed by atoms with Crippen LogP contribution in [0.25, 0.3) is 0 Å². The van der Waals surface area contributed by atoms with E-state index in [1.807, 2.05) is 26.8 Å². The minimum atomic E-state index is -0.753. The number of aliphatic imine (C=N–C) groups is 1. The predicted molar refractivity (Wildman–Crippen MR) is 117 cm³/mol. The topological polar surface area (TPSA) is 91.9 Å². The molecule has 0 aliphatic carbocycles. The number of nitrogens with zero attached hydrogens (tertiary/aromatic N) is 2. The molecule has 3 N–H and O–H groups in total. The molecule has 0 aliphatic rings. The number of aliphatic hydroxyl groups excluding tert-OH is 1. The summed E-state index contributed by atoms with van der Waals surface area (Å²) in [6, 6.07) is 7.55. The zero-order valence-corrected chi connectivity index (χ0v) is 18.6. The number of hydrogen-bond acceptors (Lipinski definition) is 5. The van der Waals surface area contributed by atoms with Crippen molar-refractivity contribution >= 4 is 29.9 Å². The van der Waals surface area contributed by atoms with E-state index < -0.39 is 6.10 Å². The zero-order chi connectivity index (χ0) is 19.6. The fourth-order valence-electron chi connectivity index (χ4n) is 2.17. The Labute approximate surface area is 181 Å². The van der Waals surface area contributed by atoms with Crippen LogP contribution >= 0.6 is 24.0 Å². The molecular weight excluding hydrogens is 478 g/mol. The molecule has 0 spiro atoms. The Kier molecular flexibility index (Phi) is 10.8. The standard InChI is InChI=1S/C19H27FN4O3.HI/c1-4-21-19(23-11-17-9-18(13(2)3)24-27-17)22-10-15(25)12-26-16-7-5-14(20)6-8-16;/h5-9,13,15,25H,4,10-12H2,1-3H3,(H2,21,22,23);1H. The van der Waals surface area contributed by atoms with Gasteiger partial charge in [0.15, 0.2) is 11.7 Å². The van der Waals surface area contributed by atoms with Crippen molar-refractivity contribution in [3.63, 3.8) is 0 Å². The quantitative estimate of drug-likeness (QED) is 0.275.